The van der Waals surface area contributed by atoms with Gasteiger partial charge in [0.25, 0.3) is 0 Å². The first kappa shape index (κ1) is 20.9. The highest BCUT2D eigenvalue weighted by Crippen LogP contribution is 2.28. The monoisotopic (exact) mass is 415 g/mol. The average Bonchev–Trinajstić information content (AvgIpc) is 2.86. The van der Waals surface area contributed by atoms with E-state index in [1.807, 2.05) is 31.2 Å². The average molecular weight is 415 g/mol. The van der Waals surface area contributed by atoms with Gasteiger partial charge in [-0.2, -0.15) is 13.2 Å². The molecule has 1 aromatic rings. The van der Waals surface area contributed by atoms with Crippen LogP contribution in [0, 0.1) is 0 Å². The lowest BCUT2D eigenvalue weighted by Crippen LogP contribution is -3.16. The number of hydrogen-bond donors (Lipinski definition) is 1. The lowest BCUT2D eigenvalue weighted by atomic mass is 10.2. The van der Waals surface area contributed by atoms with Crippen molar-refractivity contribution in [1.29, 1.82) is 0 Å². The summed E-state index contributed by atoms with van der Waals surface area (Å²) in [6.07, 6.45) is -4.76. The van der Waals surface area contributed by atoms with Crippen LogP contribution in [0.15, 0.2) is 24.3 Å². The number of benzene rings is 1. The van der Waals surface area contributed by atoms with Crippen LogP contribution in [0.5, 0.6) is 5.75 Å². The topological polar surface area (TPSA) is 74.6 Å². The molecule has 0 spiro atoms. The summed E-state index contributed by atoms with van der Waals surface area (Å²) in [5.41, 5.74) is 0.938. The second-order valence-electron chi connectivity index (χ2n) is 6.82. The van der Waals surface area contributed by atoms with Gasteiger partial charge in [-0.1, -0.05) is 12.1 Å². The SMILES string of the molecule is CCOc1ccccc1N1CC[NH+](CN2C(=O)C(=O)N(CC(F)(F)F)C2=O)CC1. The van der Waals surface area contributed by atoms with Gasteiger partial charge in [0, 0.05) is 0 Å². The Labute approximate surface area is 165 Å². The van der Waals surface area contributed by atoms with Gasteiger partial charge in [0.05, 0.1) is 38.5 Å². The number of alkyl halides is 3. The van der Waals surface area contributed by atoms with Gasteiger partial charge in [0.2, 0.25) is 0 Å². The highest BCUT2D eigenvalue weighted by molar-refractivity contribution is 6.44. The maximum Gasteiger partial charge on any atom is 0.406 e. The number of imide groups is 2. The molecule has 0 aliphatic carbocycles. The Bertz CT molecular complexity index is 794. The van der Waals surface area contributed by atoms with Crippen molar-refractivity contribution in [3.05, 3.63) is 24.3 Å². The normalized spacial score (nSPS) is 18.8. The fourth-order valence-corrected chi connectivity index (χ4v) is 3.45. The molecule has 2 saturated heterocycles. The van der Waals surface area contributed by atoms with Crippen molar-refractivity contribution in [3.8, 4) is 5.75 Å². The minimum absolute atomic E-state index is 0.0453. The molecule has 0 radical (unpaired) electrons. The first-order chi connectivity index (χ1) is 13.7. The van der Waals surface area contributed by atoms with E-state index < -0.39 is 30.6 Å². The van der Waals surface area contributed by atoms with E-state index in [0.717, 1.165) is 16.3 Å². The molecule has 8 nitrogen and oxygen atoms in total. The summed E-state index contributed by atoms with van der Waals surface area (Å²) < 4.78 is 43.3. The van der Waals surface area contributed by atoms with Crippen molar-refractivity contribution in [2.45, 2.75) is 13.1 Å². The first-order valence-electron chi connectivity index (χ1n) is 9.25. The predicted molar refractivity (Wildman–Crippen MR) is 95.4 cm³/mol. The van der Waals surface area contributed by atoms with Crippen LogP contribution < -0.4 is 14.5 Å². The highest BCUT2D eigenvalue weighted by atomic mass is 19.4. The van der Waals surface area contributed by atoms with Crippen molar-refractivity contribution in [2.24, 2.45) is 0 Å². The van der Waals surface area contributed by atoms with E-state index in [1.54, 1.807) is 0 Å². The van der Waals surface area contributed by atoms with E-state index in [2.05, 4.69) is 4.90 Å². The molecule has 0 unspecified atom stereocenters. The molecule has 2 aliphatic heterocycles. The van der Waals surface area contributed by atoms with Crippen LogP contribution in [0.4, 0.5) is 23.7 Å². The molecule has 0 aromatic heterocycles. The Morgan fingerprint density at radius 1 is 1.03 bits per heavy atom. The van der Waals surface area contributed by atoms with Crippen molar-refractivity contribution >= 4 is 23.5 Å². The van der Waals surface area contributed by atoms with Gasteiger partial charge in [-0.3, -0.25) is 9.59 Å². The van der Waals surface area contributed by atoms with E-state index in [4.69, 9.17) is 4.74 Å². The first-order valence-corrected chi connectivity index (χ1v) is 9.25. The Kier molecular flexibility index (Phi) is 5.96. The van der Waals surface area contributed by atoms with Gasteiger partial charge in [-0.25, -0.2) is 14.6 Å². The number of piperazine rings is 1. The minimum atomic E-state index is -4.76. The standard InChI is InChI=1S/C18H21F3N4O4/c1-2-29-14-6-4-3-5-13(14)23-9-7-22(8-10-23)12-25-16(27)15(26)24(17(25)28)11-18(19,20)21/h3-6H,2,7-12H2,1H3/p+1. The van der Waals surface area contributed by atoms with E-state index >= 15 is 0 Å². The summed E-state index contributed by atoms with van der Waals surface area (Å²) in [5, 5.41) is 0. The predicted octanol–water partition coefficient (Wildman–Crippen LogP) is 0.101. The molecule has 3 rings (SSSR count). The molecular formula is C18H22F3N4O4+. The zero-order chi connectivity index (χ0) is 21.2. The molecule has 1 aromatic carbocycles. The summed E-state index contributed by atoms with van der Waals surface area (Å²) in [4.78, 5) is 39.4. The Morgan fingerprint density at radius 2 is 1.66 bits per heavy atom. The summed E-state index contributed by atoms with van der Waals surface area (Å²) in [7, 11) is 0. The Balaban J connectivity index is 1.60. The third-order valence-corrected chi connectivity index (χ3v) is 4.83. The minimum Gasteiger partial charge on any atom is -0.492 e. The van der Waals surface area contributed by atoms with Crippen molar-refractivity contribution in [3.63, 3.8) is 0 Å². The van der Waals surface area contributed by atoms with Crippen molar-refractivity contribution in [2.75, 3.05) is 50.9 Å². The number of quaternary nitrogens is 1. The van der Waals surface area contributed by atoms with Crippen LogP contribution in [0.1, 0.15) is 6.92 Å². The number of ether oxygens (including phenoxy) is 1. The number of halogens is 3. The number of para-hydroxylation sites is 2. The van der Waals surface area contributed by atoms with Gasteiger partial charge in [0.1, 0.15) is 12.3 Å². The fourth-order valence-electron chi connectivity index (χ4n) is 3.45. The number of nitrogens with one attached hydrogen (secondary N) is 1. The molecule has 29 heavy (non-hydrogen) atoms. The number of carbonyl (C=O) groups excluding carboxylic acids is 3. The van der Waals surface area contributed by atoms with Crippen LogP contribution >= 0.6 is 0 Å². The van der Waals surface area contributed by atoms with Gasteiger partial charge >= 0.3 is 24.0 Å². The fraction of sp³-hybridized carbons (Fsp3) is 0.500. The second-order valence-corrected chi connectivity index (χ2v) is 6.82. The number of rotatable bonds is 6. The zero-order valence-corrected chi connectivity index (χ0v) is 15.9. The highest BCUT2D eigenvalue weighted by Gasteiger charge is 2.50. The van der Waals surface area contributed by atoms with Gasteiger partial charge in [-0.15, -0.1) is 0 Å². The smallest absolute Gasteiger partial charge is 0.406 e. The third kappa shape index (κ3) is 4.61. The van der Waals surface area contributed by atoms with Crippen LogP contribution in [0.25, 0.3) is 0 Å². The molecule has 11 heteroatoms. The quantitative estimate of drug-likeness (QED) is 0.527. The van der Waals surface area contributed by atoms with E-state index in [9.17, 15) is 27.6 Å². The Morgan fingerprint density at radius 3 is 2.28 bits per heavy atom. The number of hydrogen-bond acceptors (Lipinski definition) is 5. The van der Waals surface area contributed by atoms with E-state index in [0.29, 0.717) is 37.7 Å². The number of urea groups is 1. The van der Waals surface area contributed by atoms with Crippen LogP contribution in [-0.2, 0) is 9.59 Å². The third-order valence-electron chi connectivity index (χ3n) is 4.83. The summed E-state index contributed by atoms with van der Waals surface area (Å²) in [6.45, 7) is 2.83. The number of amides is 4. The molecule has 0 atom stereocenters. The van der Waals surface area contributed by atoms with Crippen molar-refractivity contribution < 1.29 is 37.2 Å². The van der Waals surface area contributed by atoms with Crippen LogP contribution in [0.3, 0.4) is 0 Å². The van der Waals surface area contributed by atoms with Gasteiger partial charge in [-0.05, 0) is 19.1 Å². The molecule has 2 heterocycles. The molecule has 1 N–H and O–H groups in total. The van der Waals surface area contributed by atoms with Gasteiger partial charge in [0.15, 0.2) is 6.67 Å². The second kappa shape index (κ2) is 8.27. The largest absolute Gasteiger partial charge is 0.492 e. The maximum absolute atomic E-state index is 12.6. The number of anilines is 1. The van der Waals surface area contributed by atoms with Crippen LogP contribution in [-0.4, -0.2) is 79.8 Å². The van der Waals surface area contributed by atoms with E-state index in [1.165, 1.54) is 0 Å². The molecular weight excluding hydrogens is 393 g/mol. The van der Waals surface area contributed by atoms with Crippen molar-refractivity contribution in [1.82, 2.24) is 9.80 Å². The number of nitrogens with zero attached hydrogens (tertiary/aromatic N) is 3. The summed E-state index contributed by atoms with van der Waals surface area (Å²) in [5.74, 6) is -1.89. The lowest BCUT2D eigenvalue weighted by molar-refractivity contribution is -0.907. The zero-order valence-electron chi connectivity index (χ0n) is 15.9. The number of carbonyl (C=O) groups is 3. The molecule has 158 valence electrons. The van der Waals surface area contributed by atoms with Crippen LogP contribution in [0.2, 0.25) is 0 Å². The van der Waals surface area contributed by atoms with Gasteiger partial charge < -0.3 is 14.5 Å². The molecule has 4 amide bonds. The van der Waals surface area contributed by atoms with E-state index in [-0.39, 0.29) is 11.6 Å². The molecule has 0 bridgehead atoms. The Hall–Kier alpha value is -2.82. The maximum atomic E-state index is 12.6. The summed E-state index contributed by atoms with van der Waals surface area (Å²) in [6, 6.07) is 6.38. The lowest BCUT2D eigenvalue weighted by Gasteiger charge is -2.35. The molecule has 2 fully saturated rings. The summed E-state index contributed by atoms with van der Waals surface area (Å²) >= 11 is 0. The molecule has 0 saturated carbocycles. The molecule has 2 aliphatic rings.